The molecule has 0 radical (unpaired) electrons. The Kier molecular flexibility index (Phi) is 4.40. The van der Waals surface area contributed by atoms with E-state index < -0.39 is 0 Å². The first-order valence-electron chi connectivity index (χ1n) is 6.58. The number of methoxy groups -OCH3 is 1. The van der Waals surface area contributed by atoms with Crippen molar-refractivity contribution < 1.29 is 4.74 Å². The van der Waals surface area contributed by atoms with Crippen LogP contribution in [0.15, 0.2) is 54.6 Å². The maximum absolute atomic E-state index is 5.15. The minimum absolute atomic E-state index is 0.419. The lowest BCUT2D eigenvalue weighted by atomic mass is 9.99. The summed E-state index contributed by atoms with van der Waals surface area (Å²) in [7, 11) is 1.68. The molecule has 0 saturated carbocycles. The van der Waals surface area contributed by atoms with Crippen molar-refractivity contribution in [1.82, 2.24) is 0 Å². The zero-order chi connectivity index (χ0) is 13.7. The summed E-state index contributed by atoms with van der Waals surface area (Å²) in [5, 5.41) is 0. The van der Waals surface area contributed by atoms with Gasteiger partial charge in [-0.1, -0.05) is 61.0 Å². The van der Waals surface area contributed by atoms with Crippen molar-refractivity contribution in [2.75, 3.05) is 7.11 Å². The highest BCUT2D eigenvalue weighted by molar-refractivity contribution is 5.52. The van der Waals surface area contributed by atoms with Crippen molar-refractivity contribution in [2.24, 2.45) is 0 Å². The van der Waals surface area contributed by atoms with Crippen LogP contribution in [-0.2, 0) is 0 Å². The molecule has 1 nitrogen and oxygen atoms in total. The van der Waals surface area contributed by atoms with Crippen molar-refractivity contribution in [1.29, 1.82) is 0 Å². The van der Waals surface area contributed by atoms with Crippen LogP contribution in [0.2, 0.25) is 0 Å². The van der Waals surface area contributed by atoms with Crippen LogP contribution in [0, 0.1) is 6.92 Å². The highest BCUT2D eigenvalue weighted by Crippen LogP contribution is 2.19. The predicted molar refractivity (Wildman–Crippen MR) is 81.6 cm³/mol. The molecule has 2 aromatic carbocycles. The molecule has 0 aliphatic heterocycles. The van der Waals surface area contributed by atoms with E-state index in [0.29, 0.717) is 5.92 Å². The van der Waals surface area contributed by atoms with Crippen LogP contribution in [0.4, 0.5) is 0 Å². The van der Waals surface area contributed by atoms with Gasteiger partial charge in [0.15, 0.2) is 0 Å². The SMILES string of the molecule is COc1ccc(/C=C/[C@H](C)c2ccc(C)cc2)cc1. The average Bonchev–Trinajstić information content (AvgIpc) is 2.46. The summed E-state index contributed by atoms with van der Waals surface area (Å²) in [5.74, 6) is 1.31. The summed E-state index contributed by atoms with van der Waals surface area (Å²) in [6, 6.07) is 16.8. The van der Waals surface area contributed by atoms with Gasteiger partial charge in [-0.2, -0.15) is 0 Å². The van der Waals surface area contributed by atoms with Crippen molar-refractivity contribution in [3.05, 3.63) is 71.3 Å². The van der Waals surface area contributed by atoms with Gasteiger partial charge in [-0.25, -0.2) is 0 Å². The van der Waals surface area contributed by atoms with Gasteiger partial charge in [-0.05, 0) is 36.1 Å². The first-order chi connectivity index (χ1) is 9.19. The normalized spacial score (nSPS) is 12.6. The van der Waals surface area contributed by atoms with Gasteiger partial charge in [0.05, 0.1) is 7.11 Å². The van der Waals surface area contributed by atoms with Gasteiger partial charge in [-0.3, -0.25) is 0 Å². The van der Waals surface area contributed by atoms with Crippen LogP contribution in [0.5, 0.6) is 5.75 Å². The van der Waals surface area contributed by atoms with Crippen molar-refractivity contribution >= 4 is 6.08 Å². The summed E-state index contributed by atoms with van der Waals surface area (Å²) < 4.78 is 5.15. The van der Waals surface area contributed by atoms with E-state index >= 15 is 0 Å². The Labute approximate surface area is 115 Å². The smallest absolute Gasteiger partial charge is 0.118 e. The molecule has 0 unspecified atom stereocenters. The maximum Gasteiger partial charge on any atom is 0.118 e. The number of rotatable bonds is 4. The molecule has 0 aliphatic carbocycles. The first kappa shape index (κ1) is 13.4. The minimum atomic E-state index is 0.419. The molecule has 98 valence electrons. The van der Waals surface area contributed by atoms with Gasteiger partial charge in [0.2, 0.25) is 0 Å². The Morgan fingerprint density at radius 2 is 1.58 bits per heavy atom. The van der Waals surface area contributed by atoms with E-state index in [-0.39, 0.29) is 0 Å². The van der Waals surface area contributed by atoms with E-state index in [0.717, 1.165) is 5.75 Å². The second-order valence-corrected chi connectivity index (χ2v) is 4.83. The fourth-order valence-corrected chi connectivity index (χ4v) is 1.95. The second kappa shape index (κ2) is 6.24. The van der Waals surface area contributed by atoms with Crippen LogP contribution in [0.3, 0.4) is 0 Å². The van der Waals surface area contributed by atoms with E-state index in [1.54, 1.807) is 7.11 Å². The van der Waals surface area contributed by atoms with Crippen LogP contribution in [0.1, 0.15) is 29.5 Å². The van der Waals surface area contributed by atoms with Crippen LogP contribution < -0.4 is 4.74 Å². The molecule has 0 N–H and O–H groups in total. The summed E-state index contributed by atoms with van der Waals surface area (Å²) in [4.78, 5) is 0. The molecule has 0 aromatic heterocycles. The molecule has 0 fully saturated rings. The first-order valence-corrected chi connectivity index (χ1v) is 6.58. The summed E-state index contributed by atoms with van der Waals surface area (Å²) in [6.45, 7) is 4.33. The van der Waals surface area contributed by atoms with E-state index in [2.05, 4.69) is 62.4 Å². The second-order valence-electron chi connectivity index (χ2n) is 4.83. The fourth-order valence-electron chi connectivity index (χ4n) is 1.95. The van der Waals surface area contributed by atoms with Crippen LogP contribution in [-0.4, -0.2) is 7.11 Å². The van der Waals surface area contributed by atoms with Crippen LogP contribution in [0.25, 0.3) is 6.08 Å². The molecule has 0 amide bonds. The van der Waals surface area contributed by atoms with Gasteiger partial charge >= 0.3 is 0 Å². The summed E-state index contributed by atoms with van der Waals surface area (Å²) in [5.41, 5.74) is 3.84. The Hall–Kier alpha value is -2.02. The van der Waals surface area contributed by atoms with Gasteiger partial charge in [0.1, 0.15) is 5.75 Å². The number of ether oxygens (including phenoxy) is 1. The Morgan fingerprint density at radius 3 is 2.16 bits per heavy atom. The standard InChI is InChI=1S/C18H20O/c1-14-4-10-17(11-5-14)15(2)6-7-16-8-12-18(19-3)13-9-16/h4-13,15H,1-3H3/b7-6+/t15-/m0/s1. The molecule has 1 atom stereocenters. The van der Waals surface area contributed by atoms with Gasteiger partial charge in [0, 0.05) is 0 Å². The Balaban J connectivity index is 2.06. The molecule has 0 bridgehead atoms. The van der Waals surface area contributed by atoms with Crippen molar-refractivity contribution in [2.45, 2.75) is 19.8 Å². The third kappa shape index (κ3) is 3.72. The summed E-state index contributed by atoms with van der Waals surface area (Å²) >= 11 is 0. The fraction of sp³-hybridized carbons (Fsp3) is 0.222. The molecule has 1 heteroatoms. The lowest BCUT2D eigenvalue weighted by Crippen LogP contribution is -1.88. The van der Waals surface area contributed by atoms with Gasteiger partial charge in [-0.15, -0.1) is 0 Å². The lowest BCUT2D eigenvalue weighted by Gasteiger charge is -2.07. The number of benzene rings is 2. The lowest BCUT2D eigenvalue weighted by molar-refractivity contribution is 0.415. The maximum atomic E-state index is 5.15. The van der Waals surface area contributed by atoms with Gasteiger partial charge < -0.3 is 4.74 Å². The molecule has 19 heavy (non-hydrogen) atoms. The molecule has 2 aromatic rings. The van der Waals surface area contributed by atoms with Crippen molar-refractivity contribution in [3.63, 3.8) is 0 Å². The molecular weight excluding hydrogens is 232 g/mol. The zero-order valence-electron chi connectivity index (χ0n) is 11.8. The highest BCUT2D eigenvalue weighted by atomic mass is 16.5. The number of aryl methyl sites for hydroxylation is 1. The topological polar surface area (TPSA) is 9.23 Å². The molecule has 2 rings (SSSR count). The Bertz CT molecular complexity index is 535. The quantitative estimate of drug-likeness (QED) is 0.758. The van der Waals surface area contributed by atoms with E-state index in [9.17, 15) is 0 Å². The third-order valence-corrected chi connectivity index (χ3v) is 3.30. The van der Waals surface area contributed by atoms with Crippen molar-refractivity contribution in [3.8, 4) is 5.75 Å². The molecule has 0 spiro atoms. The summed E-state index contributed by atoms with van der Waals surface area (Å²) in [6.07, 6.45) is 4.39. The molecule has 0 aliphatic rings. The largest absolute Gasteiger partial charge is 0.497 e. The average molecular weight is 252 g/mol. The monoisotopic (exact) mass is 252 g/mol. The number of hydrogen-bond acceptors (Lipinski definition) is 1. The predicted octanol–water partition coefficient (Wildman–Crippen LogP) is 4.82. The number of allylic oxidation sites excluding steroid dienone is 1. The van der Waals surface area contributed by atoms with Gasteiger partial charge in [0.25, 0.3) is 0 Å². The molecular formula is C18H20O. The highest BCUT2D eigenvalue weighted by Gasteiger charge is 2.00. The van der Waals surface area contributed by atoms with E-state index in [1.165, 1.54) is 16.7 Å². The zero-order valence-corrected chi connectivity index (χ0v) is 11.8. The third-order valence-electron chi connectivity index (χ3n) is 3.30. The molecule has 0 saturated heterocycles. The Morgan fingerprint density at radius 1 is 0.947 bits per heavy atom. The molecule has 0 heterocycles. The van der Waals surface area contributed by atoms with E-state index in [4.69, 9.17) is 4.74 Å². The number of hydrogen-bond donors (Lipinski definition) is 0. The van der Waals surface area contributed by atoms with E-state index in [1.807, 2.05) is 12.1 Å². The van der Waals surface area contributed by atoms with Crippen LogP contribution >= 0.6 is 0 Å². The minimum Gasteiger partial charge on any atom is -0.497 e.